The van der Waals surface area contributed by atoms with Crippen LogP contribution in [0.2, 0.25) is 0 Å². The lowest BCUT2D eigenvalue weighted by molar-refractivity contribution is -0.138. The highest BCUT2D eigenvalue weighted by Crippen LogP contribution is 2.04. The molecule has 0 aliphatic carbocycles. The SMILES string of the molecule is CC(C)N(CCCO)C(=O)COCc1ccccc1. The smallest absolute Gasteiger partial charge is 0.248 e. The van der Waals surface area contributed by atoms with Crippen molar-refractivity contribution >= 4 is 5.91 Å². The molecule has 0 aliphatic heterocycles. The van der Waals surface area contributed by atoms with Crippen molar-refractivity contribution in [2.24, 2.45) is 0 Å². The molecule has 4 heteroatoms. The van der Waals surface area contributed by atoms with E-state index in [2.05, 4.69) is 0 Å². The molecule has 0 heterocycles. The van der Waals surface area contributed by atoms with E-state index in [1.807, 2.05) is 44.2 Å². The molecule has 0 unspecified atom stereocenters. The lowest BCUT2D eigenvalue weighted by Crippen LogP contribution is -2.40. The fourth-order valence-electron chi connectivity index (χ4n) is 1.83. The molecule has 0 saturated carbocycles. The number of carbonyl (C=O) groups is 1. The van der Waals surface area contributed by atoms with Crippen LogP contribution in [-0.2, 0) is 16.1 Å². The van der Waals surface area contributed by atoms with E-state index < -0.39 is 0 Å². The van der Waals surface area contributed by atoms with Gasteiger partial charge in [-0.15, -0.1) is 0 Å². The summed E-state index contributed by atoms with van der Waals surface area (Å²) in [5.74, 6) is -0.0284. The molecule has 0 atom stereocenters. The van der Waals surface area contributed by atoms with Crippen LogP contribution in [0.5, 0.6) is 0 Å². The van der Waals surface area contributed by atoms with Crippen molar-refractivity contribution in [2.75, 3.05) is 19.8 Å². The molecule has 0 fully saturated rings. The van der Waals surface area contributed by atoms with Crippen molar-refractivity contribution in [1.29, 1.82) is 0 Å². The van der Waals surface area contributed by atoms with Gasteiger partial charge in [0.15, 0.2) is 0 Å². The second-order valence-corrected chi connectivity index (χ2v) is 4.74. The number of hydrogen-bond acceptors (Lipinski definition) is 3. The van der Waals surface area contributed by atoms with Crippen LogP contribution in [0.4, 0.5) is 0 Å². The van der Waals surface area contributed by atoms with Crippen LogP contribution in [0.3, 0.4) is 0 Å². The fraction of sp³-hybridized carbons (Fsp3) is 0.533. The Hall–Kier alpha value is -1.39. The number of rotatable bonds is 8. The summed E-state index contributed by atoms with van der Waals surface area (Å²) in [5, 5.41) is 8.83. The molecule has 1 aromatic carbocycles. The Balaban J connectivity index is 2.35. The summed E-state index contributed by atoms with van der Waals surface area (Å²) >= 11 is 0. The van der Waals surface area contributed by atoms with Crippen LogP contribution in [-0.4, -0.2) is 41.7 Å². The van der Waals surface area contributed by atoms with Crippen molar-refractivity contribution in [3.63, 3.8) is 0 Å². The summed E-state index contributed by atoms with van der Waals surface area (Å²) in [7, 11) is 0. The average molecular weight is 265 g/mol. The molecule has 0 saturated heterocycles. The minimum Gasteiger partial charge on any atom is -0.396 e. The second kappa shape index (κ2) is 8.67. The molecular formula is C15H23NO3. The summed E-state index contributed by atoms with van der Waals surface area (Å²) < 4.78 is 5.44. The molecule has 106 valence electrons. The molecular weight excluding hydrogens is 242 g/mol. The summed E-state index contributed by atoms with van der Waals surface area (Å²) in [4.78, 5) is 13.7. The van der Waals surface area contributed by atoms with Gasteiger partial charge in [-0.3, -0.25) is 4.79 Å². The van der Waals surface area contributed by atoms with Crippen LogP contribution in [0.1, 0.15) is 25.8 Å². The first kappa shape index (κ1) is 15.7. The first-order valence-electron chi connectivity index (χ1n) is 6.67. The maximum absolute atomic E-state index is 12.0. The van der Waals surface area contributed by atoms with E-state index in [1.54, 1.807) is 4.90 Å². The quantitative estimate of drug-likeness (QED) is 0.780. The van der Waals surface area contributed by atoms with E-state index in [9.17, 15) is 4.79 Å². The largest absolute Gasteiger partial charge is 0.396 e. The molecule has 0 spiro atoms. The van der Waals surface area contributed by atoms with E-state index in [4.69, 9.17) is 9.84 Å². The average Bonchev–Trinajstić information content (AvgIpc) is 2.40. The zero-order chi connectivity index (χ0) is 14.1. The molecule has 1 N–H and O–H groups in total. The van der Waals surface area contributed by atoms with Gasteiger partial charge in [0.25, 0.3) is 0 Å². The van der Waals surface area contributed by atoms with Gasteiger partial charge in [-0.05, 0) is 25.8 Å². The summed E-state index contributed by atoms with van der Waals surface area (Å²) in [5.41, 5.74) is 1.06. The summed E-state index contributed by atoms with van der Waals surface area (Å²) in [6.07, 6.45) is 0.600. The molecule has 0 bridgehead atoms. The number of nitrogens with zero attached hydrogens (tertiary/aromatic N) is 1. The molecule has 1 aromatic rings. The lowest BCUT2D eigenvalue weighted by atomic mass is 10.2. The number of aliphatic hydroxyl groups is 1. The predicted molar refractivity (Wildman–Crippen MR) is 74.6 cm³/mol. The first-order valence-corrected chi connectivity index (χ1v) is 6.67. The fourth-order valence-corrected chi connectivity index (χ4v) is 1.83. The zero-order valence-electron chi connectivity index (χ0n) is 11.7. The highest BCUT2D eigenvalue weighted by Gasteiger charge is 2.16. The molecule has 0 aliphatic rings. The van der Waals surface area contributed by atoms with Crippen LogP contribution in [0.25, 0.3) is 0 Å². The van der Waals surface area contributed by atoms with E-state index in [0.29, 0.717) is 19.6 Å². The minimum absolute atomic E-state index is 0.0284. The molecule has 1 rings (SSSR count). The Morgan fingerprint density at radius 3 is 2.58 bits per heavy atom. The third-order valence-electron chi connectivity index (χ3n) is 2.84. The molecule has 4 nitrogen and oxygen atoms in total. The number of hydrogen-bond donors (Lipinski definition) is 1. The van der Waals surface area contributed by atoms with Crippen molar-refractivity contribution in [3.8, 4) is 0 Å². The Bertz CT molecular complexity index is 365. The first-order chi connectivity index (χ1) is 9.15. The number of benzene rings is 1. The van der Waals surface area contributed by atoms with Gasteiger partial charge in [0, 0.05) is 19.2 Å². The van der Waals surface area contributed by atoms with E-state index in [0.717, 1.165) is 5.56 Å². The Labute approximate surface area is 115 Å². The Kier molecular flexibility index (Phi) is 7.15. The molecule has 0 radical (unpaired) electrons. The van der Waals surface area contributed by atoms with Gasteiger partial charge in [0.2, 0.25) is 5.91 Å². The van der Waals surface area contributed by atoms with Crippen LogP contribution < -0.4 is 0 Å². The molecule has 0 aromatic heterocycles. The third-order valence-corrected chi connectivity index (χ3v) is 2.84. The van der Waals surface area contributed by atoms with Gasteiger partial charge in [0.1, 0.15) is 6.61 Å². The zero-order valence-corrected chi connectivity index (χ0v) is 11.7. The molecule has 1 amide bonds. The Morgan fingerprint density at radius 1 is 1.32 bits per heavy atom. The maximum atomic E-state index is 12.0. The van der Waals surface area contributed by atoms with E-state index in [1.165, 1.54) is 0 Å². The van der Waals surface area contributed by atoms with Gasteiger partial charge >= 0.3 is 0 Å². The van der Waals surface area contributed by atoms with Gasteiger partial charge in [-0.2, -0.15) is 0 Å². The van der Waals surface area contributed by atoms with Crippen molar-refractivity contribution < 1.29 is 14.6 Å². The lowest BCUT2D eigenvalue weighted by Gasteiger charge is -2.26. The summed E-state index contributed by atoms with van der Waals surface area (Å²) in [6.45, 7) is 5.12. The van der Waals surface area contributed by atoms with Gasteiger partial charge in [-0.1, -0.05) is 30.3 Å². The molecule has 19 heavy (non-hydrogen) atoms. The topological polar surface area (TPSA) is 49.8 Å². The second-order valence-electron chi connectivity index (χ2n) is 4.74. The van der Waals surface area contributed by atoms with Crippen LogP contribution >= 0.6 is 0 Å². The number of carbonyl (C=O) groups excluding carboxylic acids is 1. The number of aliphatic hydroxyl groups excluding tert-OH is 1. The Morgan fingerprint density at radius 2 is 2.00 bits per heavy atom. The number of amides is 1. The number of ether oxygens (including phenoxy) is 1. The highest BCUT2D eigenvalue weighted by molar-refractivity contribution is 5.77. The van der Waals surface area contributed by atoms with E-state index >= 15 is 0 Å². The minimum atomic E-state index is -0.0284. The van der Waals surface area contributed by atoms with Crippen LogP contribution in [0.15, 0.2) is 30.3 Å². The van der Waals surface area contributed by atoms with Crippen molar-refractivity contribution in [2.45, 2.75) is 32.9 Å². The monoisotopic (exact) mass is 265 g/mol. The van der Waals surface area contributed by atoms with Gasteiger partial charge in [-0.25, -0.2) is 0 Å². The van der Waals surface area contributed by atoms with Crippen LogP contribution in [0, 0.1) is 0 Å². The predicted octanol–water partition coefficient (Wildman–Crippen LogP) is 1.82. The van der Waals surface area contributed by atoms with Crippen molar-refractivity contribution in [3.05, 3.63) is 35.9 Å². The summed E-state index contributed by atoms with van der Waals surface area (Å²) in [6, 6.07) is 9.90. The third kappa shape index (κ3) is 5.85. The van der Waals surface area contributed by atoms with Gasteiger partial charge in [0.05, 0.1) is 6.61 Å². The maximum Gasteiger partial charge on any atom is 0.248 e. The van der Waals surface area contributed by atoms with E-state index in [-0.39, 0.29) is 25.2 Å². The standard InChI is InChI=1S/C15H23NO3/c1-13(2)16(9-6-10-17)15(18)12-19-11-14-7-4-3-5-8-14/h3-5,7-8,13,17H,6,9-12H2,1-2H3. The normalized spacial score (nSPS) is 10.7. The van der Waals surface area contributed by atoms with Crippen molar-refractivity contribution in [1.82, 2.24) is 4.90 Å². The van der Waals surface area contributed by atoms with Gasteiger partial charge < -0.3 is 14.7 Å². The highest BCUT2D eigenvalue weighted by atomic mass is 16.5.